The minimum atomic E-state index is -0.391. The second kappa shape index (κ2) is 5.29. The molecule has 0 radical (unpaired) electrons. The Hall–Kier alpha value is -1.38. The van der Waals surface area contributed by atoms with Crippen molar-refractivity contribution >= 4 is 11.7 Å². The predicted octanol–water partition coefficient (Wildman–Crippen LogP) is 1.36. The molecule has 0 saturated carbocycles. The van der Waals surface area contributed by atoms with Crippen molar-refractivity contribution in [2.75, 3.05) is 14.2 Å². The predicted molar refractivity (Wildman–Crippen MR) is 49.3 cm³/mol. The number of allylic oxidation sites excluding steroid dienone is 2. The highest BCUT2D eigenvalue weighted by Gasteiger charge is 2.10. The quantitative estimate of drug-likeness (QED) is 0.275. The smallest absolute Gasteiger partial charge is 0.339 e. The van der Waals surface area contributed by atoms with Gasteiger partial charge >= 0.3 is 5.97 Å². The minimum Gasteiger partial charge on any atom is -0.465 e. The van der Waals surface area contributed by atoms with E-state index in [1.807, 2.05) is 0 Å². The van der Waals surface area contributed by atoms with E-state index in [4.69, 9.17) is 0 Å². The lowest BCUT2D eigenvalue weighted by atomic mass is 10.1. The maximum Gasteiger partial charge on any atom is 0.339 e. The molecule has 0 bridgehead atoms. The summed E-state index contributed by atoms with van der Waals surface area (Å²) in [6.07, 6.45) is 3.11. The average molecular weight is 167 g/mol. The third-order valence-electron chi connectivity index (χ3n) is 1.42. The highest BCUT2D eigenvalue weighted by molar-refractivity contribution is 6.18. The molecular formula is C9H13NO2. The number of methoxy groups -OCH3 is 1. The zero-order chi connectivity index (χ0) is 9.56. The second-order valence-electron chi connectivity index (χ2n) is 2.12. The first-order chi connectivity index (χ1) is 5.67. The molecule has 0 spiro atoms. The van der Waals surface area contributed by atoms with Gasteiger partial charge in [0.15, 0.2) is 0 Å². The Balaban J connectivity index is 4.80. The van der Waals surface area contributed by atoms with E-state index in [0.29, 0.717) is 11.3 Å². The van der Waals surface area contributed by atoms with Crippen molar-refractivity contribution in [3.8, 4) is 0 Å². The summed E-state index contributed by atoms with van der Waals surface area (Å²) in [6.45, 7) is 5.24. The molecular weight excluding hydrogens is 154 g/mol. The zero-order valence-corrected chi connectivity index (χ0v) is 7.63. The molecule has 0 heterocycles. The van der Waals surface area contributed by atoms with Gasteiger partial charge in [-0.05, 0) is 13.0 Å². The molecule has 3 heteroatoms. The lowest BCUT2D eigenvalue weighted by Crippen LogP contribution is -2.11. The third kappa shape index (κ3) is 2.70. The Morgan fingerprint density at radius 2 is 2.17 bits per heavy atom. The van der Waals surface area contributed by atoms with Crippen molar-refractivity contribution in [3.63, 3.8) is 0 Å². The van der Waals surface area contributed by atoms with Gasteiger partial charge < -0.3 is 4.74 Å². The van der Waals surface area contributed by atoms with Gasteiger partial charge in [0.2, 0.25) is 0 Å². The van der Waals surface area contributed by atoms with Crippen LogP contribution in [-0.4, -0.2) is 25.8 Å². The maximum atomic E-state index is 11.1. The minimum absolute atomic E-state index is 0.391. The maximum absolute atomic E-state index is 11.1. The Morgan fingerprint density at radius 3 is 2.50 bits per heavy atom. The van der Waals surface area contributed by atoms with Gasteiger partial charge in [0.05, 0.1) is 12.7 Å². The molecule has 12 heavy (non-hydrogen) atoms. The van der Waals surface area contributed by atoms with Gasteiger partial charge in [-0.1, -0.05) is 12.7 Å². The number of hydrogen-bond acceptors (Lipinski definition) is 3. The first-order valence-corrected chi connectivity index (χ1v) is 3.52. The number of rotatable bonds is 3. The van der Waals surface area contributed by atoms with Gasteiger partial charge in [0, 0.05) is 12.8 Å². The van der Waals surface area contributed by atoms with E-state index in [1.54, 1.807) is 20.0 Å². The summed E-state index contributed by atoms with van der Waals surface area (Å²) in [6, 6.07) is 0. The molecule has 0 rings (SSSR count). The van der Waals surface area contributed by atoms with Crippen molar-refractivity contribution in [1.29, 1.82) is 0 Å². The van der Waals surface area contributed by atoms with Crippen LogP contribution >= 0.6 is 0 Å². The van der Waals surface area contributed by atoms with E-state index in [0.717, 1.165) is 0 Å². The van der Waals surface area contributed by atoms with Crippen molar-refractivity contribution in [1.82, 2.24) is 0 Å². The molecule has 66 valence electrons. The number of carbonyl (C=O) groups is 1. The fourth-order valence-corrected chi connectivity index (χ4v) is 0.685. The van der Waals surface area contributed by atoms with Gasteiger partial charge in [-0.25, -0.2) is 4.79 Å². The van der Waals surface area contributed by atoms with Crippen LogP contribution in [-0.2, 0) is 9.53 Å². The van der Waals surface area contributed by atoms with E-state index in [-0.39, 0.29) is 0 Å². The number of hydrogen-bond donors (Lipinski definition) is 0. The zero-order valence-electron chi connectivity index (χ0n) is 7.63. The van der Waals surface area contributed by atoms with Crippen molar-refractivity contribution in [3.05, 3.63) is 24.3 Å². The Labute approximate surface area is 72.4 Å². The first kappa shape index (κ1) is 10.6. The summed E-state index contributed by atoms with van der Waals surface area (Å²) >= 11 is 0. The van der Waals surface area contributed by atoms with Crippen LogP contribution in [0.3, 0.4) is 0 Å². The SMILES string of the molecule is C=CC=C(C(=O)OC)C(C)=NC. The topological polar surface area (TPSA) is 38.7 Å². The lowest BCUT2D eigenvalue weighted by Gasteiger charge is -2.02. The molecule has 0 aromatic heterocycles. The highest BCUT2D eigenvalue weighted by atomic mass is 16.5. The molecule has 0 aliphatic carbocycles. The molecule has 0 aromatic carbocycles. The lowest BCUT2D eigenvalue weighted by molar-refractivity contribution is -0.135. The van der Waals surface area contributed by atoms with Crippen molar-refractivity contribution < 1.29 is 9.53 Å². The number of nitrogens with zero attached hydrogens (tertiary/aromatic N) is 1. The van der Waals surface area contributed by atoms with E-state index in [1.165, 1.54) is 13.2 Å². The third-order valence-corrected chi connectivity index (χ3v) is 1.42. The van der Waals surface area contributed by atoms with Crippen LogP contribution in [0.1, 0.15) is 6.92 Å². The molecule has 0 N–H and O–H groups in total. The first-order valence-electron chi connectivity index (χ1n) is 3.52. The van der Waals surface area contributed by atoms with Crippen LogP contribution in [0.5, 0.6) is 0 Å². The van der Waals surface area contributed by atoms with Crippen LogP contribution in [0.4, 0.5) is 0 Å². The normalized spacial score (nSPS) is 12.6. The van der Waals surface area contributed by atoms with E-state index in [9.17, 15) is 4.79 Å². The monoisotopic (exact) mass is 167 g/mol. The molecule has 0 atom stereocenters. The Bertz CT molecular complexity index is 239. The molecule has 0 fully saturated rings. The summed E-state index contributed by atoms with van der Waals surface area (Å²) < 4.78 is 4.55. The highest BCUT2D eigenvalue weighted by Crippen LogP contribution is 2.01. The van der Waals surface area contributed by atoms with Crippen LogP contribution in [0.15, 0.2) is 29.3 Å². The van der Waals surface area contributed by atoms with Crippen molar-refractivity contribution in [2.24, 2.45) is 4.99 Å². The van der Waals surface area contributed by atoms with Crippen molar-refractivity contribution in [2.45, 2.75) is 6.92 Å². The van der Waals surface area contributed by atoms with Gasteiger partial charge in [-0.2, -0.15) is 0 Å². The van der Waals surface area contributed by atoms with Crippen LogP contribution in [0.25, 0.3) is 0 Å². The van der Waals surface area contributed by atoms with Gasteiger partial charge in [-0.3, -0.25) is 4.99 Å². The summed E-state index contributed by atoms with van der Waals surface area (Å²) in [5, 5.41) is 0. The molecule has 0 amide bonds. The Kier molecular flexibility index (Phi) is 4.69. The van der Waals surface area contributed by atoms with Gasteiger partial charge in [0.25, 0.3) is 0 Å². The summed E-state index contributed by atoms with van der Waals surface area (Å²) in [5.41, 5.74) is 1.08. The van der Waals surface area contributed by atoms with E-state index < -0.39 is 5.97 Å². The van der Waals surface area contributed by atoms with E-state index in [2.05, 4.69) is 16.3 Å². The van der Waals surface area contributed by atoms with Gasteiger partial charge in [-0.15, -0.1) is 0 Å². The molecule has 3 nitrogen and oxygen atoms in total. The second-order valence-corrected chi connectivity index (χ2v) is 2.12. The summed E-state index contributed by atoms with van der Waals surface area (Å²) in [7, 11) is 2.96. The number of aliphatic imine (C=N–C) groups is 1. The van der Waals surface area contributed by atoms with Crippen LogP contribution in [0.2, 0.25) is 0 Å². The molecule has 0 aliphatic rings. The van der Waals surface area contributed by atoms with E-state index >= 15 is 0 Å². The Morgan fingerprint density at radius 1 is 1.58 bits per heavy atom. The molecule has 0 saturated heterocycles. The average Bonchev–Trinajstić information content (AvgIpc) is 2.11. The fourth-order valence-electron chi connectivity index (χ4n) is 0.685. The largest absolute Gasteiger partial charge is 0.465 e. The van der Waals surface area contributed by atoms with Crippen LogP contribution in [0, 0.1) is 0 Å². The number of carbonyl (C=O) groups excluding carboxylic acids is 1. The summed E-state index contributed by atoms with van der Waals surface area (Å²) in [4.78, 5) is 15.0. The molecule has 0 aromatic rings. The standard InChI is InChI=1S/C9H13NO2/c1-5-6-8(7(2)10-3)9(11)12-4/h5-6H,1H2,2-4H3. The van der Waals surface area contributed by atoms with Crippen LogP contribution < -0.4 is 0 Å². The number of ether oxygens (including phenoxy) is 1. The molecule has 0 aliphatic heterocycles. The summed E-state index contributed by atoms with van der Waals surface area (Å²) in [5.74, 6) is -0.391. The van der Waals surface area contributed by atoms with Gasteiger partial charge in [0.1, 0.15) is 0 Å². The molecule has 0 unspecified atom stereocenters. The number of esters is 1. The fraction of sp³-hybridized carbons (Fsp3) is 0.333.